The van der Waals surface area contributed by atoms with Crippen LogP contribution in [0.15, 0.2) is 48.5 Å². The summed E-state index contributed by atoms with van der Waals surface area (Å²) in [4.78, 5) is 25.1. The van der Waals surface area contributed by atoms with Gasteiger partial charge >= 0.3 is 5.97 Å². The predicted octanol–water partition coefficient (Wildman–Crippen LogP) is 3.53. The summed E-state index contributed by atoms with van der Waals surface area (Å²) in [6, 6.07) is 16.5. The summed E-state index contributed by atoms with van der Waals surface area (Å²) in [7, 11) is 0. The van der Waals surface area contributed by atoms with Gasteiger partial charge in [0, 0.05) is 17.9 Å². The number of rotatable bonds is 6. The van der Waals surface area contributed by atoms with Crippen LogP contribution in [0.5, 0.6) is 0 Å². The summed E-state index contributed by atoms with van der Waals surface area (Å²) < 4.78 is 8.73. The monoisotopic (exact) mass is 442 g/mol. The Balaban J connectivity index is 1.51. The zero-order valence-corrected chi connectivity index (χ0v) is 18.5. The average Bonchev–Trinajstić information content (AvgIpc) is 3.35. The van der Waals surface area contributed by atoms with Crippen LogP contribution in [0.1, 0.15) is 34.1 Å². The van der Waals surface area contributed by atoms with Gasteiger partial charge in [-0.25, -0.2) is 9.48 Å². The first-order valence-corrected chi connectivity index (χ1v) is 10.4. The van der Waals surface area contributed by atoms with Crippen LogP contribution >= 0.6 is 0 Å². The number of fused-ring (bicyclic) bond motifs is 1. The highest BCUT2D eigenvalue weighted by molar-refractivity contribution is 5.97. The lowest BCUT2D eigenvalue weighted by Crippen LogP contribution is -2.23. The second-order valence-electron chi connectivity index (χ2n) is 7.45. The van der Waals surface area contributed by atoms with E-state index in [4.69, 9.17) is 4.74 Å². The number of aromatic nitrogens is 4. The molecule has 0 saturated carbocycles. The molecule has 2 heterocycles. The van der Waals surface area contributed by atoms with Gasteiger partial charge in [0.15, 0.2) is 6.61 Å². The van der Waals surface area contributed by atoms with Crippen molar-refractivity contribution in [3.05, 3.63) is 70.9 Å². The maximum Gasteiger partial charge on any atom is 0.338 e. The summed E-state index contributed by atoms with van der Waals surface area (Å²) in [5.41, 5.74) is 4.42. The average molecular weight is 442 g/mol. The van der Waals surface area contributed by atoms with Crippen molar-refractivity contribution < 1.29 is 14.3 Å². The number of nitriles is 1. The van der Waals surface area contributed by atoms with Gasteiger partial charge in [-0.1, -0.05) is 23.4 Å². The van der Waals surface area contributed by atoms with E-state index in [-0.39, 0.29) is 5.56 Å². The topological polar surface area (TPSA) is 115 Å². The van der Waals surface area contributed by atoms with Crippen molar-refractivity contribution >= 4 is 28.7 Å². The van der Waals surface area contributed by atoms with E-state index >= 15 is 0 Å². The van der Waals surface area contributed by atoms with Gasteiger partial charge in [-0.05, 0) is 56.7 Å². The van der Waals surface area contributed by atoms with Gasteiger partial charge in [0.05, 0.1) is 16.6 Å². The van der Waals surface area contributed by atoms with E-state index in [0.29, 0.717) is 23.4 Å². The highest BCUT2D eigenvalue weighted by Gasteiger charge is 2.21. The second-order valence-corrected chi connectivity index (χ2v) is 7.45. The molecule has 0 radical (unpaired) electrons. The molecule has 0 bridgehead atoms. The maximum atomic E-state index is 12.6. The number of para-hydroxylation sites is 1. The van der Waals surface area contributed by atoms with Crippen LogP contribution in [0.3, 0.4) is 0 Å². The Hall–Kier alpha value is -4.45. The number of benzene rings is 2. The highest BCUT2D eigenvalue weighted by Crippen LogP contribution is 2.29. The van der Waals surface area contributed by atoms with Gasteiger partial charge in [-0.2, -0.15) is 5.26 Å². The van der Waals surface area contributed by atoms with Crippen LogP contribution in [0.4, 0.5) is 5.82 Å². The summed E-state index contributed by atoms with van der Waals surface area (Å²) in [6.07, 6.45) is 0. The van der Waals surface area contributed by atoms with Gasteiger partial charge in [0.1, 0.15) is 17.4 Å². The first-order chi connectivity index (χ1) is 15.9. The van der Waals surface area contributed by atoms with E-state index in [1.54, 1.807) is 27.4 Å². The lowest BCUT2D eigenvalue weighted by Gasteiger charge is -2.13. The van der Waals surface area contributed by atoms with Gasteiger partial charge in [-0.15, -0.1) is 5.10 Å². The van der Waals surface area contributed by atoms with Crippen LogP contribution in [-0.2, 0) is 16.1 Å². The molecule has 0 aliphatic carbocycles. The predicted molar refractivity (Wildman–Crippen MR) is 122 cm³/mol. The van der Waals surface area contributed by atoms with Gasteiger partial charge < -0.3 is 10.1 Å². The number of anilines is 1. The molecule has 9 heteroatoms. The molecular formula is C24H22N6O3. The molecule has 0 unspecified atom stereocenters. The summed E-state index contributed by atoms with van der Waals surface area (Å²) in [5, 5.41) is 20.5. The quantitative estimate of drug-likeness (QED) is 0.457. The number of carbonyl (C=O) groups excluding carboxylic acids is 2. The number of hydrogen-bond acceptors (Lipinski definition) is 6. The molecule has 0 aliphatic rings. The third-order valence-electron chi connectivity index (χ3n) is 5.48. The molecule has 0 atom stereocenters. The fourth-order valence-electron chi connectivity index (χ4n) is 3.68. The van der Waals surface area contributed by atoms with Crippen LogP contribution < -0.4 is 5.32 Å². The van der Waals surface area contributed by atoms with Crippen molar-refractivity contribution in [2.24, 2.45) is 0 Å². The number of esters is 1. The zero-order chi connectivity index (χ0) is 23.5. The fourth-order valence-corrected chi connectivity index (χ4v) is 3.68. The number of carbonyl (C=O) groups is 2. The number of aryl methyl sites for hydroxylation is 1. The molecule has 2 aromatic heterocycles. The lowest BCUT2D eigenvalue weighted by molar-refractivity contribution is -0.119. The SMILES string of the molecule is CCn1nnc2cc(C(=O)OCC(=O)Nc3c(C#N)c(C)c(C)n3-c3ccccc3)ccc21. The van der Waals surface area contributed by atoms with Crippen LogP contribution in [0.2, 0.25) is 0 Å². The molecule has 0 saturated heterocycles. The van der Waals surface area contributed by atoms with Crippen molar-refractivity contribution in [3.63, 3.8) is 0 Å². The Bertz CT molecular complexity index is 1400. The molecule has 9 nitrogen and oxygen atoms in total. The van der Waals surface area contributed by atoms with E-state index in [9.17, 15) is 14.9 Å². The molecule has 166 valence electrons. The van der Waals surface area contributed by atoms with Gasteiger partial charge in [0.2, 0.25) is 0 Å². The van der Waals surface area contributed by atoms with Gasteiger partial charge in [0.25, 0.3) is 5.91 Å². The fraction of sp³-hybridized carbons (Fsp3) is 0.208. The van der Waals surface area contributed by atoms with Crippen molar-refractivity contribution in [1.82, 2.24) is 19.6 Å². The Kier molecular flexibility index (Phi) is 5.91. The van der Waals surface area contributed by atoms with Gasteiger partial charge in [-0.3, -0.25) is 9.36 Å². The van der Waals surface area contributed by atoms with E-state index in [1.165, 1.54) is 0 Å². The largest absolute Gasteiger partial charge is 0.452 e. The molecule has 0 aliphatic heterocycles. The van der Waals surface area contributed by atoms with Crippen LogP contribution in [0, 0.1) is 25.2 Å². The number of hydrogen-bond donors (Lipinski definition) is 1. The first kappa shape index (κ1) is 21.8. The molecule has 4 rings (SSSR count). The Morgan fingerprint density at radius 1 is 1.15 bits per heavy atom. The number of amides is 1. The Labute approximate surface area is 190 Å². The number of ether oxygens (including phenoxy) is 1. The van der Waals surface area contributed by atoms with E-state index in [0.717, 1.165) is 22.5 Å². The standard InChI is InChI=1S/C24H22N6O3/c1-4-29-21-11-10-17(12-20(21)27-28-29)24(32)33-14-22(31)26-23-19(13-25)15(2)16(3)30(23)18-8-6-5-7-9-18/h5-12H,4,14H2,1-3H3,(H,26,31). The normalized spacial score (nSPS) is 10.7. The molecule has 0 spiro atoms. The molecule has 33 heavy (non-hydrogen) atoms. The smallest absolute Gasteiger partial charge is 0.338 e. The summed E-state index contributed by atoms with van der Waals surface area (Å²) in [5.74, 6) is -0.853. The molecule has 4 aromatic rings. The highest BCUT2D eigenvalue weighted by atomic mass is 16.5. The summed E-state index contributed by atoms with van der Waals surface area (Å²) >= 11 is 0. The second kappa shape index (κ2) is 8.96. The minimum Gasteiger partial charge on any atom is -0.452 e. The van der Waals surface area contributed by atoms with E-state index in [2.05, 4.69) is 21.7 Å². The number of nitrogens with zero attached hydrogens (tertiary/aromatic N) is 5. The Morgan fingerprint density at radius 3 is 2.61 bits per heavy atom. The van der Waals surface area contributed by atoms with Crippen molar-refractivity contribution in [2.75, 3.05) is 11.9 Å². The maximum absolute atomic E-state index is 12.6. The minimum absolute atomic E-state index is 0.274. The summed E-state index contributed by atoms with van der Waals surface area (Å²) in [6.45, 7) is 5.82. The molecule has 0 fully saturated rings. The lowest BCUT2D eigenvalue weighted by atomic mass is 10.2. The first-order valence-electron chi connectivity index (χ1n) is 10.4. The minimum atomic E-state index is -0.649. The van der Waals surface area contributed by atoms with Crippen LogP contribution in [-0.4, -0.2) is 38.0 Å². The molecular weight excluding hydrogens is 420 g/mol. The Morgan fingerprint density at radius 2 is 1.91 bits per heavy atom. The third kappa shape index (κ3) is 4.06. The van der Waals surface area contributed by atoms with Crippen molar-refractivity contribution in [1.29, 1.82) is 5.26 Å². The van der Waals surface area contributed by atoms with Crippen molar-refractivity contribution in [2.45, 2.75) is 27.3 Å². The van der Waals surface area contributed by atoms with E-state index < -0.39 is 18.5 Å². The van der Waals surface area contributed by atoms with Crippen molar-refractivity contribution in [3.8, 4) is 11.8 Å². The number of nitrogens with one attached hydrogen (secondary N) is 1. The molecule has 1 amide bonds. The van der Waals surface area contributed by atoms with Crippen LogP contribution in [0.25, 0.3) is 16.7 Å². The van der Waals surface area contributed by atoms with E-state index in [1.807, 2.05) is 51.1 Å². The third-order valence-corrected chi connectivity index (χ3v) is 5.48. The zero-order valence-electron chi connectivity index (χ0n) is 18.5. The molecule has 2 aromatic carbocycles. The molecule has 1 N–H and O–H groups in total.